The average molecular weight is 177 g/mol. The third-order valence-electron chi connectivity index (χ3n) is 2.19. The summed E-state index contributed by atoms with van der Waals surface area (Å²) >= 11 is 12.2. The zero-order chi connectivity index (χ0) is 7.83. The lowest BCUT2D eigenvalue weighted by molar-refractivity contribution is 0.351. The summed E-state index contributed by atoms with van der Waals surface area (Å²) in [7, 11) is 0. The van der Waals surface area contributed by atoms with Gasteiger partial charge in [-0.2, -0.15) is 0 Å². The first-order chi connectivity index (χ1) is 4.58. The van der Waals surface area contributed by atoms with E-state index < -0.39 is 9.75 Å². The SMILES string of the molecule is C=C[C@]1(Cl)CC[C@@]1(Cl)C=C. The summed E-state index contributed by atoms with van der Waals surface area (Å²) in [5, 5.41) is 0. The molecule has 1 aliphatic carbocycles. The van der Waals surface area contributed by atoms with Crippen LogP contribution in [0.5, 0.6) is 0 Å². The zero-order valence-corrected chi connectivity index (χ0v) is 7.25. The fourth-order valence-electron chi connectivity index (χ4n) is 1.15. The lowest BCUT2D eigenvalue weighted by atomic mass is 9.72. The molecule has 0 spiro atoms. The fourth-order valence-corrected chi connectivity index (χ4v) is 1.68. The molecule has 0 aliphatic heterocycles. The predicted molar refractivity (Wildman–Crippen MR) is 46.8 cm³/mol. The van der Waals surface area contributed by atoms with Crippen LogP contribution >= 0.6 is 23.2 Å². The van der Waals surface area contributed by atoms with E-state index in [-0.39, 0.29) is 0 Å². The third-order valence-corrected chi connectivity index (χ3v) is 3.65. The lowest BCUT2D eigenvalue weighted by Crippen LogP contribution is -2.52. The Morgan fingerprint density at radius 1 is 1.00 bits per heavy atom. The number of allylic oxidation sites excluding steroid dienone is 2. The summed E-state index contributed by atoms with van der Waals surface area (Å²) in [4.78, 5) is -0.896. The normalized spacial score (nSPS) is 45.8. The minimum atomic E-state index is -0.448. The number of halogens is 2. The van der Waals surface area contributed by atoms with Gasteiger partial charge in [-0.25, -0.2) is 0 Å². The van der Waals surface area contributed by atoms with Crippen molar-refractivity contribution in [3.63, 3.8) is 0 Å². The molecule has 56 valence electrons. The minimum Gasteiger partial charge on any atom is -0.112 e. The van der Waals surface area contributed by atoms with Crippen molar-refractivity contribution in [3.05, 3.63) is 25.3 Å². The maximum Gasteiger partial charge on any atom is 0.0850 e. The van der Waals surface area contributed by atoms with Crippen molar-refractivity contribution in [2.24, 2.45) is 0 Å². The highest BCUT2D eigenvalue weighted by Crippen LogP contribution is 2.53. The van der Waals surface area contributed by atoms with Gasteiger partial charge in [-0.1, -0.05) is 12.2 Å². The summed E-state index contributed by atoms with van der Waals surface area (Å²) in [6.45, 7) is 7.27. The summed E-state index contributed by atoms with van der Waals surface area (Å²) in [5.74, 6) is 0. The van der Waals surface area contributed by atoms with Crippen LogP contribution in [0, 0.1) is 0 Å². The first-order valence-electron chi connectivity index (χ1n) is 3.23. The molecule has 0 radical (unpaired) electrons. The van der Waals surface area contributed by atoms with Crippen LogP contribution in [0.1, 0.15) is 12.8 Å². The highest BCUT2D eigenvalue weighted by molar-refractivity contribution is 6.38. The van der Waals surface area contributed by atoms with Gasteiger partial charge in [0.2, 0.25) is 0 Å². The molecule has 1 aliphatic rings. The van der Waals surface area contributed by atoms with Gasteiger partial charge in [-0.3, -0.25) is 0 Å². The molecule has 0 heterocycles. The maximum atomic E-state index is 6.08. The van der Waals surface area contributed by atoms with Crippen molar-refractivity contribution in [2.45, 2.75) is 22.6 Å². The van der Waals surface area contributed by atoms with Crippen LogP contribution in [-0.4, -0.2) is 9.75 Å². The second-order valence-electron chi connectivity index (χ2n) is 2.63. The van der Waals surface area contributed by atoms with E-state index in [9.17, 15) is 0 Å². The fraction of sp³-hybridized carbons (Fsp3) is 0.500. The molecular weight excluding hydrogens is 167 g/mol. The Morgan fingerprint density at radius 3 is 1.40 bits per heavy atom. The zero-order valence-electron chi connectivity index (χ0n) is 5.74. The van der Waals surface area contributed by atoms with E-state index in [1.807, 2.05) is 0 Å². The summed E-state index contributed by atoms with van der Waals surface area (Å²) in [6.07, 6.45) is 5.20. The van der Waals surface area contributed by atoms with E-state index >= 15 is 0 Å². The third kappa shape index (κ3) is 0.826. The molecule has 0 nitrogen and oxygen atoms in total. The molecule has 0 unspecified atom stereocenters. The van der Waals surface area contributed by atoms with Gasteiger partial charge in [0.1, 0.15) is 0 Å². The Morgan fingerprint density at radius 2 is 1.30 bits per heavy atom. The molecule has 2 heteroatoms. The highest BCUT2D eigenvalue weighted by atomic mass is 35.5. The molecule has 0 amide bonds. The quantitative estimate of drug-likeness (QED) is 0.449. The average Bonchev–Trinajstić information content (AvgIpc) is 1.99. The van der Waals surface area contributed by atoms with Gasteiger partial charge in [0.15, 0.2) is 0 Å². The molecular formula is C8H10Cl2. The topological polar surface area (TPSA) is 0 Å². The van der Waals surface area contributed by atoms with Gasteiger partial charge in [-0.15, -0.1) is 36.4 Å². The van der Waals surface area contributed by atoms with Crippen molar-refractivity contribution in [1.29, 1.82) is 0 Å². The number of alkyl halides is 2. The highest BCUT2D eigenvalue weighted by Gasteiger charge is 2.53. The number of hydrogen-bond donors (Lipinski definition) is 0. The largest absolute Gasteiger partial charge is 0.112 e. The van der Waals surface area contributed by atoms with Crippen LogP contribution in [0.2, 0.25) is 0 Å². The van der Waals surface area contributed by atoms with Gasteiger partial charge in [0.05, 0.1) is 9.75 Å². The molecule has 2 atom stereocenters. The van der Waals surface area contributed by atoms with Crippen molar-refractivity contribution < 1.29 is 0 Å². The molecule has 1 saturated carbocycles. The summed E-state index contributed by atoms with van der Waals surface area (Å²) in [6, 6.07) is 0. The second kappa shape index (κ2) is 2.28. The van der Waals surface area contributed by atoms with Gasteiger partial charge >= 0.3 is 0 Å². The Bertz CT molecular complexity index is 156. The Kier molecular flexibility index (Phi) is 1.86. The number of rotatable bonds is 2. The Labute approximate surface area is 71.5 Å². The first-order valence-corrected chi connectivity index (χ1v) is 3.98. The molecule has 0 aromatic carbocycles. The van der Waals surface area contributed by atoms with Crippen LogP contribution in [0.25, 0.3) is 0 Å². The van der Waals surface area contributed by atoms with Crippen LogP contribution < -0.4 is 0 Å². The molecule has 1 fully saturated rings. The van der Waals surface area contributed by atoms with Crippen LogP contribution in [0.4, 0.5) is 0 Å². The molecule has 0 aromatic heterocycles. The van der Waals surface area contributed by atoms with Crippen molar-refractivity contribution >= 4 is 23.2 Å². The van der Waals surface area contributed by atoms with Gasteiger partial charge in [-0.05, 0) is 12.8 Å². The van der Waals surface area contributed by atoms with E-state index in [2.05, 4.69) is 13.2 Å². The minimum absolute atomic E-state index is 0.448. The van der Waals surface area contributed by atoms with Crippen LogP contribution in [-0.2, 0) is 0 Å². The standard InChI is InChI=1S/C8H10Cl2/c1-3-7(9)5-6-8(7,10)4-2/h3-4H,1-2,5-6H2/t7-,8-/m0/s1. The predicted octanol–water partition coefficient (Wildman–Crippen LogP) is 3.11. The van der Waals surface area contributed by atoms with Gasteiger partial charge in [0.25, 0.3) is 0 Å². The van der Waals surface area contributed by atoms with E-state index in [4.69, 9.17) is 23.2 Å². The van der Waals surface area contributed by atoms with Crippen molar-refractivity contribution in [1.82, 2.24) is 0 Å². The molecule has 1 rings (SSSR count). The molecule has 0 N–H and O–H groups in total. The molecule has 10 heavy (non-hydrogen) atoms. The van der Waals surface area contributed by atoms with Gasteiger partial charge < -0.3 is 0 Å². The van der Waals surface area contributed by atoms with Crippen LogP contribution in [0.15, 0.2) is 25.3 Å². The van der Waals surface area contributed by atoms with Gasteiger partial charge in [0, 0.05) is 0 Å². The number of hydrogen-bond acceptors (Lipinski definition) is 0. The summed E-state index contributed by atoms with van der Waals surface area (Å²) < 4.78 is 0. The van der Waals surface area contributed by atoms with Crippen molar-refractivity contribution in [3.8, 4) is 0 Å². The first kappa shape index (κ1) is 8.16. The van der Waals surface area contributed by atoms with E-state index in [0.717, 1.165) is 12.8 Å². The lowest BCUT2D eigenvalue weighted by Gasteiger charge is -2.48. The van der Waals surface area contributed by atoms with Crippen LogP contribution in [0.3, 0.4) is 0 Å². The second-order valence-corrected chi connectivity index (χ2v) is 3.98. The van der Waals surface area contributed by atoms with E-state index in [1.54, 1.807) is 12.2 Å². The maximum absolute atomic E-state index is 6.08. The van der Waals surface area contributed by atoms with E-state index in [0.29, 0.717) is 0 Å². The molecule has 0 saturated heterocycles. The monoisotopic (exact) mass is 176 g/mol. The smallest absolute Gasteiger partial charge is 0.0850 e. The van der Waals surface area contributed by atoms with E-state index in [1.165, 1.54) is 0 Å². The Balaban J connectivity index is 2.83. The van der Waals surface area contributed by atoms with Crippen molar-refractivity contribution in [2.75, 3.05) is 0 Å². The molecule has 0 bridgehead atoms. The summed E-state index contributed by atoms with van der Waals surface area (Å²) in [5.41, 5.74) is 0. The molecule has 0 aromatic rings. The Hall–Kier alpha value is 0.0600.